The summed E-state index contributed by atoms with van der Waals surface area (Å²) in [5.41, 5.74) is 0.851. The molecule has 2 nitrogen and oxygen atoms in total. The second kappa shape index (κ2) is 4.82. The molecule has 1 aliphatic rings. The minimum absolute atomic E-state index is 0.299. The van der Waals surface area contributed by atoms with Gasteiger partial charge in [0.15, 0.2) is 0 Å². The highest BCUT2D eigenvalue weighted by Crippen LogP contribution is 2.35. The molecule has 0 atom stereocenters. The van der Waals surface area contributed by atoms with Crippen molar-refractivity contribution in [1.29, 1.82) is 0 Å². The number of benzene rings is 1. The van der Waals surface area contributed by atoms with E-state index >= 15 is 0 Å². The molecule has 0 aliphatic carbocycles. The van der Waals surface area contributed by atoms with Gasteiger partial charge < -0.3 is 4.90 Å². The molecule has 0 amide bonds. The number of nitrogens with zero attached hydrogens (tertiary/aromatic N) is 1. The first-order chi connectivity index (χ1) is 7.58. The van der Waals surface area contributed by atoms with Crippen LogP contribution in [0.25, 0.3) is 0 Å². The molecule has 0 spiro atoms. The van der Waals surface area contributed by atoms with Crippen LogP contribution in [-0.2, 0) is 4.79 Å². The topological polar surface area (TPSA) is 20.3 Å². The number of Topliss-reactive ketones (excluding diaryl/α,β-unsaturated/α-hetero) is 1. The van der Waals surface area contributed by atoms with Crippen LogP contribution >= 0.6 is 34.8 Å². The van der Waals surface area contributed by atoms with Crippen LogP contribution in [0.5, 0.6) is 0 Å². The summed E-state index contributed by atoms with van der Waals surface area (Å²) < 4.78 is 0. The Balaban J connectivity index is 2.26. The third-order valence-corrected chi connectivity index (χ3v) is 3.68. The minimum Gasteiger partial charge on any atom is -0.369 e. The van der Waals surface area contributed by atoms with E-state index in [9.17, 15) is 4.79 Å². The highest BCUT2D eigenvalue weighted by Gasteiger charge is 2.19. The zero-order valence-corrected chi connectivity index (χ0v) is 10.7. The van der Waals surface area contributed by atoms with Crippen LogP contribution in [-0.4, -0.2) is 18.9 Å². The summed E-state index contributed by atoms with van der Waals surface area (Å²) in [5.74, 6) is 0.299. The molecule has 0 radical (unpaired) electrons. The number of carbonyl (C=O) groups is 1. The summed E-state index contributed by atoms with van der Waals surface area (Å²) in [4.78, 5) is 13.2. The highest BCUT2D eigenvalue weighted by molar-refractivity contribution is 6.44. The molecule has 1 aromatic rings. The maximum absolute atomic E-state index is 11.1. The molecule has 0 aromatic heterocycles. The molecule has 0 N–H and O–H groups in total. The summed E-state index contributed by atoms with van der Waals surface area (Å²) in [6.45, 7) is 1.38. The molecular weight excluding hydrogens is 268 g/mol. The molecular formula is C11H10Cl3NO. The number of hydrogen-bond acceptors (Lipinski definition) is 2. The van der Waals surface area contributed by atoms with Gasteiger partial charge in [-0.3, -0.25) is 4.79 Å². The Bertz CT molecular complexity index is 423. The normalized spacial score (nSPS) is 16.7. The van der Waals surface area contributed by atoms with Crippen molar-refractivity contribution in [3.8, 4) is 0 Å². The van der Waals surface area contributed by atoms with Gasteiger partial charge in [0, 0.05) is 25.9 Å². The SMILES string of the molecule is O=C1CCN(c2cc(Cl)c(Cl)cc2Cl)CC1. The van der Waals surface area contributed by atoms with E-state index in [0.29, 0.717) is 46.8 Å². The molecule has 16 heavy (non-hydrogen) atoms. The number of carbonyl (C=O) groups excluding carboxylic acids is 1. The Morgan fingerprint density at radius 2 is 1.50 bits per heavy atom. The van der Waals surface area contributed by atoms with E-state index < -0.39 is 0 Å². The first kappa shape index (κ1) is 12.0. The van der Waals surface area contributed by atoms with Crippen molar-refractivity contribution in [1.82, 2.24) is 0 Å². The van der Waals surface area contributed by atoms with Crippen LogP contribution in [0.1, 0.15) is 12.8 Å². The number of halogens is 3. The van der Waals surface area contributed by atoms with Gasteiger partial charge in [0.25, 0.3) is 0 Å². The Labute approximate surface area is 109 Å². The summed E-state index contributed by atoms with van der Waals surface area (Å²) in [6.07, 6.45) is 1.13. The number of rotatable bonds is 1. The second-order valence-electron chi connectivity index (χ2n) is 3.74. The van der Waals surface area contributed by atoms with Gasteiger partial charge >= 0.3 is 0 Å². The summed E-state index contributed by atoms with van der Waals surface area (Å²) >= 11 is 17.9. The predicted octanol–water partition coefficient (Wildman–Crippen LogP) is 3.82. The Morgan fingerprint density at radius 3 is 2.12 bits per heavy atom. The standard InChI is InChI=1S/C11H10Cl3NO/c12-8-5-10(14)11(6-9(8)13)15-3-1-7(16)2-4-15/h5-6H,1-4H2. The van der Waals surface area contributed by atoms with E-state index in [1.54, 1.807) is 12.1 Å². The maximum Gasteiger partial charge on any atom is 0.136 e. The molecule has 1 aromatic carbocycles. The predicted molar refractivity (Wildman–Crippen MR) is 67.9 cm³/mol. The van der Waals surface area contributed by atoms with Crippen LogP contribution in [0.3, 0.4) is 0 Å². The number of hydrogen-bond donors (Lipinski definition) is 0. The van der Waals surface area contributed by atoms with Crippen molar-refractivity contribution >= 4 is 46.3 Å². The molecule has 2 rings (SSSR count). The van der Waals surface area contributed by atoms with Gasteiger partial charge in [-0.1, -0.05) is 34.8 Å². The van der Waals surface area contributed by atoms with Gasteiger partial charge in [0.05, 0.1) is 20.8 Å². The number of ketones is 1. The van der Waals surface area contributed by atoms with Gasteiger partial charge in [0.2, 0.25) is 0 Å². The van der Waals surface area contributed by atoms with E-state index in [1.807, 2.05) is 0 Å². The van der Waals surface area contributed by atoms with E-state index in [1.165, 1.54) is 0 Å². The lowest BCUT2D eigenvalue weighted by molar-refractivity contribution is -0.119. The first-order valence-corrected chi connectivity index (χ1v) is 6.12. The summed E-state index contributed by atoms with van der Waals surface area (Å²) in [5, 5.41) is 1.50. The molecule has 1 saturated heterocycles. The summed E-state index contributed by atoms with van der Waals surface area (Å²) in [7, 11) is 0. The van der Waals surface area contributed by atoms with Crippen LogP contribution in [0.4, 0.5) is 5.69 Å². The first-order valence-electron chi connectivity index (χ1n) is 4.99. The van der Waals surface area contributed by atoms with Crippen molar-refractivity contribution in [2.45, 2.75) is 12.8 Å². The number of anilines is 1. The molecule has 1 fully saturated rings. The Morgan fingerprint density at radius 1 is 0.938 bits per heavy atom. The zero-order chi connectivity index (χ0) is 11.7. The van der Waals surface area contributed by atoms with Gasteiger partial charge in [-0.25, -0.2) is 0 Å². The van der Waals surface area contributed by atoms with E-state index in [-0.39, 0.29) is 0 Å². The molecule has 1 aliphatic heterocycles. The van der Waals surface area contributed by atoms with Gasteiger partial charge in [-0.15, -0.1) is 0 Å². The van der Waals surface area contributed by atoms with Crippen LogP contribution in [0, 0.1) is 0 Å². The molecule has 86 valence electrons. The third kappa shape index (κ3) is 2.45. The van der Waals surface area contributed by atoms with E-state index in [2.05, 4.69) is 4.90 Å². The lowest BCUT2D eigenvalue weighted by Gasteiger charge is -2.29. The minimum atomic E-state index is 0.299. The Hall–Kier alpha value is -0.440. The fourth-order valence-corrected chi connectivity index (χ4v) is 2.41. The molecule has 0 saturated carbocycles. The monoisotopic (exact) mass is 277 g/mol. The summed E-state index contributed by atoms with van der Waals surface area (Å²) in [6, 6.07) is 3.39. The van der Waals surface area contributed by atoms with Gasteiger partial charge in [-0.2, -0.15) is 0 Å². The van der Waals surface area contributed by atoms with Gasteiger partial charge in [-0.05, 0) is 12.1 Å². The van der Waals surface area contributed by atoms with Gasteiger partial charge in [0.1, 0.15) is 5.78 Å². The molecule has 1 heterocycles. The average Bonchev–Trinajstić information content (AvgIpc) is 2.25. The number of piperidine rings is 1. The fourth-order valence-electron chi connectivity index (χ4n) is 1.75. The lowest BCUT2D eigenvalue weighted by Crippen LogP contribution is -2.33. The van der Waals surface area contributed by atoms with Crippen molar-refractivity contribution in [2.24, 2.45) is 0 Å². The third-order valence-electron chi connectivity index (χ3n) is 2.65. The van der Waals surface area contributed by atoms with Crippen molar-refractivity contribution in [3.05, 3.63) is 27.2 Å². The smallest absolute Gasteiger partial charge is 0.136 e. The average molecular weight is 279 g/mol. The highest BCUT2D eigenvalue weighted by atomic mass is 35.5. The lowest BCUT2D eigenvalue weighted by atomic mass is 10.1. The molecule has 0 bridgehead atoms. The quantitative estimate of drug-likeness (QED) is 0.728. The van der Waals surface area contributed by atoms with Crippen molar-refractivity contribution in [2.75, 3.05) is 18.0 Å². The zero-order valence-electron chi connectivity index (χ0n) is 8.47. The maximum atomic E-state index is 11.1. The van der Waals surface area contributed by atoms with Crippen molar-refractivity contribution < 1.29 is 4.79 Å². The largest absolute Gasteiger partial charge is 0.369 e. The fraction of sp³-hybridized carbons (Fsp3) is 0.364. The molecule has 0 unspecified atom stereocenters. The van der Waals surface area contributed by atoms with E-state index in [0.717, 1.165) is 5.69 Å². The van der Waals surface area contributed by atoms with Crippen LogP contribution < -0.4 is 4.90 Å². The second-order valence-corrected chi connectivity index (χ2v) is 4.97. The van der Waals surface area contributed by atoms with Crippen LogP contribution in [0.15, 0.2) is 12.1 Å². The molecule has 5 heteroatoms. The van der Waals surface area contributed by atoms with Crippen molar-refractivity contribution in [3.63, 3.8) is 0 Å². The Kier molecular flexibility index (Phi) is 3.63. The van der Waals surface area contributed by atoms with E-state index in [4.69, 9.17) is 34.8 Å². The van der Waals surface area contributed by atoms with Crippen LogP contribution in [0.2, 0.25) is 15.1 Å².